The summed E-state index contributed by atoms with van der Waals surface area (Å²) in [6.45, 7) is 0.0848. The van der Waals surface area contributed by atoms with Gasteiger partial charge in [0.25, 0.3) is 0 Å². The van der Waals surface area contributed by atoms with Crippen molar-refractivity contribution in [3.63, 3.8) is 0 Å². The number of nitrogens with zero attached hydrogens (tertiary/aromatic N) is 1. The van der Waals surface area contributed by atoms with Crippen molar-refractivity contribution in [2.24, 2.45) is 5.73 Å². The van der Waals surface area contributed by atoms with Crippen molar-refractivity contribution < 1.29 is 18.0 Å². The molecule has 7 heteroatoms. The quantitative estimate of drug-likeness (QED) is 0.547. The van der Waals surface area contributed by atoms with Gasteiger partial charge < -0.3 is 5.73 Å². The van der Waals surface area contributed by atoms with Crippen LogP contribution in [0.1, 0.15) is 13.3 Å². The van der Waals surface area contributed by atoms with E-state index in [2.05, 4.69) is 12.6 Å². The number of rotatable bonds is 5. The Bertz CT molecular complexity index is 198. The maximum absolute atomic E-state index is 12.0. The number of primary amides is 1. The largest absolute Gasteiger partial charge is 0.401 e. The van der Waals surface area contributed by atoms with E-state index in [1.807, 2.05) is 0 Å². The average Bonchev–Trinajstić information content (AvgIpc) is 1.98. The van der Waals surface area contributed by atoms with Crippen LogP contribution in [0.4, 0.5) is 13.2 Å². The predicted octanol–water partition coefficient (Wildman–Crippen LogP) is 1.00. The fraction of sp³-hybridized carbons (Fsp3) is 0.857. The molecule has 0 aromatic rings. The number of carbonyl (C=O) groups is 1. The van der Waals surface area contributed by atoms with E-state index in [0.717, 1.165) is 4.90 Å². The van der Waals surface area contributed by atoms with Gasteiger partial charge in [0.1, 0.15) is 0 Å². The van der Waals surface area contributed by atoms with Gasteiger partial charge in [-0.25, -0.2) is 0 Å². The summed E-state index contributed by atoms with van der Waals surface area (Å²) in [7, 11) is 0. The highest BCUT2D eigenvalue weighted by molar-refractivity contribution is 7.80. The number of halogens is 3. The van der Waals surface area contributed by atoms with Crippen molar-refractivity contribution in [2.45, 2.75) is 24.9 Å². The second-order valence-corrected chi connectivity index (χ2v) is 3.47. The Morgan fingerprint density at radius 1 is 1.57 bits per heavy atom. The Morgan fingerprint density at radius 3 is 2.36 bits per heavy atom. The molecule has 0 spiro atoms. The third kappa shape index (κ3) is 6.09. The lowest BCUT2D eigenvalue weighted by molar-refractivity contribution is -0.149. The van der Waals surface area contributed by atoms with Crippen molar-refractivity contribution in [1.82, 2.24) is 4.90 Å². The number of thiol groups is 1. The Balaban J connectivity index is 4.32. The molecule has 0 aromatic carbocycles. The fourth-order valence-electron chi connectivity index (χ4n) is 0.955. The minimum absolute atomic E-state index is 0.409. The van der Waals surface area contributed by atoms with E-state index in [-0.39, 0.29) is 0 Å². The van der Waals surface area contributed by atoms with Crippen LogP contribution in [0.3, 0.4) is 0 Å². The lowest BCUT2D eigenvalue weighted by Crippen LogP contribution is -2.43. The summed E-state index contributed by atoms with van der Waals surface area (Å²) in [5.74, 6) is -0.790. The SMILES string of the molecule is CCC(S)N(CC(N)=O)CC(F)(F)F. The zero-order valence-corrected chi connectivity index (χ0v) is 8.61. The highest BCUT2D eigenvalue weighted by Crippen LogP contribution is 2.19. The molecule has 0 aromatic heterocycles. The molecule has 1 unspecified atom stereocenters. The van der Waals surface area contributed by atoms with Gasteiger partial charge in [-0.15, -0.1) is 0 Å². The molecule has 3 nitrogen and oxygen atoms in total. The summed E-state index contributed by atoms with van der Waals surface area (Å²) in [4.78, 5) is 11.4. The van der Waals surface area contributed by atoms with Crippen molar-refractivity contribution in [1.29, 1.82) is 0 Å². The van der Waals surface area contributed by atoms with Gasteiger partial charge in [0, 0.05) is 0 Å². The zero-order valence-electron chi connectivity index (χ0n) is 7.71. The van der Waals surface area contributed by atoms with Crippen LogP contribution in [0.25, 0.3) is 0 Å². The standard InChI is InChI=1S/C7H13F3N2OS/c1-2-6(14)12(3-5(11)13)4-7(8,9)10/h6,14H,2-4H2,1H3,(H2,11,13). The topological polar surface area (TPSA) is 46.3 Å². The fourth-order valence-corrected chi connectivity index (χ4v) is 1.12. The third-order valence-corrected chi connectivity index (χ3v) is 2.22. The zero-order chi connectivity index (χ0) is 11.4. The number of nitrogens with two attached hydrogens (primary N) is 1. The van der Waals surface area contributed by atoms with Crippen LogP contribution in [0.2, 0.25) is 0 Å². The highest BCUT2D eigenvalue weighted by atomic mass is 32.1. The number of alkyl halides is 3. The van der Waals surface area contributed by atoms with Crippen LogP contribution < -0.4 is 5.73 Å². The van der Waals surface area contributed by atoms with Gasteiger partial charge >= 0.3 is 6.18 Å². The highest BCUT2D eigenvalue weighted by Gasteiger charge is 2.33. The van der Waals surface area contributed by atoms with E-state index >= 15 is 0 Å². The number of hydrogen-bond acceptors (Lipinski definition) is 3. The van der Waals surface area contributed by atoms with Gasteiger partial charge in [0.15, 0.2) is 0 Å². The lowest BCUT2D eigenvalue weighted by atomic mass is 10.3. The average molecular weight is 230 g/mol. The molecule has 0 aliphatic carbocycles. The first kappa shape index (κ1) is 13.6. The molecule has 1 atom stereocenters. The van der Waals surface area contributed by atoms with Crippen LogP contribution in [-0.4, -0.2) is 35.4 Å². The van der Waals surface area contributed by atoms with E-state index in [0.29, 0.717) is 6.42 Å². The van der Waals surface area contributed by atoms with Crippen molar-refractivity contribution in [3.05, 3.63) is 0 Å². The van der Waals surface area contributed by atoms with E-state index < -0.39 is 30.5 Å². The van der Waals surface area contributed by atoms with Gasteiger partial charge in [-0.05, 0) is 6.42 Å². The minimum Gasteiger partial charge on any atom is -0.369 e. The summed E-state index contributed by atoms with van der Waals surface area (Å²) >= 11 is 3.93. The van der Waals surface area contributed by atoms with E-state index in [4.69, 9.17) is 5.73 Å². The monoisotopic (exact) mass is 230 g/mol. The van der Waals surface area contributed by atoms with E-state index in [9.17, 15) is 18.0 Å². The van der Waals surface area contributed by atoms with Crippen LogP contribution >= 0.6 is 12.6 Å². The van der Waals surface area contributed by atoms with E-state index in [1.165, 1.54) is 0 Å². The van der Waals surface area contributed by atoms with Crippen molar-refractivity contribution in [2.75, 3.05) is 13.1 Å². The Morgan fingerprint density at radius 2 is 2.07 bits per heavy atom. The molecule has 0 heterocycles. The summed E-state index contributed by atoms with van der Waals surface area (Å²) in [6.07, 6.45) is -3.93. The number of hydrogen-bond donors (Lipinski definition) is 2. The molecule has 0 rings (SSSR count). The first-order valence-corrected chi connectivity index (χ1v) is 4.55. The number of amides is 1. The third-order valence-electron chi connectivity index (χ3n) is 1.53. The number of carbonyl (C=O) groups excluding carboxylic acids is 1. The molecule has 0 saturated carbocycles. The maximum Gasteiger partial charge on any atom is 0.401 e. The molecule has 2 N–H and O–H groups in total. The van der Waals surface area contributed by atoms with Crippen LogP contribution in [0.15, 0.2) is 0 Å². The summed E-state index contributed by atoms with van der Waals surface area (Å²) in [5.41, 5.74) is 4.82. The summed E-state index contributed by atoms with van der Waals surface area (Å²) < 4.78 is 36.1. The Kier molecular flexibility index (Phi) is 5.28. The molecular formula is C7H13F3N2OS. The first-order chi connectivity index (χ1) is 6.26. The maximum atomic E-state index is 12.0. The lowest BCUT2D eigenvalue weighted by Gasteiger charge is -2.26. The molecule has 0 aliphatic rings. The Labute approximate surface area is 85.8 Å². The van der Waals surface area contributed by atoms with Gasteiger partial charge in [0.05, 0.1) is 18.5 Å². The Hall–Kier alpha value is -0.430. The normalized spacial score (nSPS) is 14.4. The molecule has 0 bridgehead atoms. The van der Waals surface area contributed by atoms with Crippen molar-refractivity contribution >= 4 is 18.5 Å². The molecular weight excluding hydrogens is 217 g/mol. The smallest absolute Gasteiger partial charge is 0.369 e. The van der Waals surface area contributed by atoms with E-state index in [1.54, 1.807) is 6.92 Å². The summed E-state index contributed by atoms with van der Waals surface area (Å²) in [5, 5.41) is -0.607. The molecule has 0 aliphatic heterocycles. The minimum atomic E-state index is -4.34. The van der Waals surface area contributed by atoms with Crippen LogP contribution in [0, 0.1) is 0 Å². The second-order valence-electron chi connectivity index (χ2n) is 2.88. The molecule has 0 fully saturated rings. The van der Waals surface area contributed by atoms with Crippen molar-refractivity contribution in [3.8, 4) is 0 Å². The first-order valence-electron chi connectivity index (χ1n) is 4.03. The van der Waals surface area contributed by atoms with Gasteiger partial charge in [-0.1, -0.05) is 6.92 Å². The molecule has 0 radical (unpaired) electrons. The molecule has 84 valence electrons. The van der Waals surface area contributed by atoms with Gasteiger partial charge in [-0.3, -0.25) is 9.69 Å². The predicted molar refractivity (Wildman–Crippen MR) is 49.9 cm³/mol. The van der Waals surface area contributed by atoms with Crippen LogP contribution in [0.5, 0.6) is 0 Å². The molecule has 1 amide bonds. The molecule has 0 saturated heterocycles. The van der Waals surface area contributed by atoms with Crippen LogP contribution in [-0.2, 0) is 4.79 Å². The van der Waals surface area contributed by atoms with Gasteiger partial charge in [0.2, 0.25) is 5.91 Å². The second kappa shape index (κ2) is 5.45. The molecule has 14 heavy (non-hydrogen) atoms. The van der Waals surface area contributed by atoms with Gasteiger partial charge in [-0.2, -0.15) is 25.8 Å². The summed E-state index contributed by atoms with van der Waals surface area (Å²) in [6, 6.07) is 0.